The Balaban J connectivity index is 3.68. The fourth-order valence-corrected chi connectivity index (χ4v) is 1.75. The van der Waals surface area contributed by atoms with E-state index >= 15 is 0 Å². The maximum Gasteiger partial charge on any atom is 0.320 e. The first-order chi connectivity index (χ1) is 5.43. The highest BCUT2D eigenvalue weighted by Crippen LogP contribution is 2.00. The van der Waals surface area contributed by atoms with E-state index in [0.29, 0.717) is 5.75 Å². The molecule has 0 aliphatic carbocycles. The molecule has 0 saturated carbocycles. The molecule has 0 spiro atoms. The minimum atomic E-state index is -1.05. The SMILES string of the molecule is C[S+](C)C[C@H](O)C[C@H](N)C(=O)O. The summed E-state index contributed by atoms with van der Waals surface area (Å²) in [5.74, 6) is -0.429. The minimum absolute atomic E-state index is 0.126. The van der Waals surface area contributed by atoms with E-state index in [4.69, 9.17) is 10.8 Å². The van der Waals surface area contributed by atoms with Crippen molar-refractivity contribution in [1.29, 1.82) is 0 Å². The Morgan fingerprint density at radius 1 is 1.58 bits per heavy atom. The number of carboxylic acids is 1. The largest absolute Gasteiger partial charge is 0.480 e. The topological polar surface area (TPSA) is 83.5 Å². The molecule has 0 fully saturated rings. The first-order valence-electron chi connectivity index (χ1n) is 3.64. The highest BCUT2D eigenvalue weighted by molar-refractivity contribution is 7.95. The first-order valence-corrected chi connectivity index (χ1v) is 5.85. The van der Waals surface area contributed by atoms with Gasteiger partial charge in [-0.15, -0.1) is 0 Å². The summed E-state index contributed by atoms with van der Waals surface area (Å²) >= 11 is 0. The average molecular weight is 194 g/mol. The molecule has 0 saturated heterocycles. The summed E-state index contributed by atoms with van der Waals surface area (Å²) in [6, 6.07) is -0.941. The van der Waals surface area contributed by atoms with Gasteiger partial charge in [0.15, 0.2) is 0 Å². The standard InChI is InChI=1S/C7H15NO3S/c1-12(2)4-5(9)3-6(8)7(10)11/h5-6,9H,3-4,8H2,1-2H3/p+1/t5-,6+/m1/s1. The number of rotatable bonds is 5. The fraction of sp³-hybridized carbons (Fsp3) is 0.857. The Kier molecular flexibility index (Phi) is 5.28. The highest BCUT2D eigenvalue weighted by Gasteiger charge is 2.20. The molecule has 0 aliphatic heterocycles. The lowest BCUT2D eigenvalue weighted by Crippen LogP contribution is -2.36. The van der Waals surface area contributed by atoms with Gasteiger partial charge >= 0.3 is 5.97 Å². The van der Waals surface area contributed by atoms with Crippen LogP contribution in [0.1, 0.15) is 6.42 Å². The van der Waals surface area contributed by atoms with E-state index in [2.05, 4.69) is 0 Å². The van der Waals surface area contributed by atoms with Crippen molar-refractivity contribution >= 4 is 16.9 Å². The summed E-state index contributed by atoms with van der Waals surface area (Å²) in [5, 5.41) is 17.7. The van der Waals surface area contributed by atoms with Gasteiger partial charge in [-0.25, -0.2) is 0 Å². The molecule has 0 aromatic heterocycles. The number of nitrogens with two attached hydrogens (primary N) is 1. The molecular formula is C7H16NO3S+. The van der Waals surface area contributed by atoms with Gasteiger partial charge in [0.2, 0.25) is 0 Å². The lowest BCUT2D eigenvalue weighted by Gasteiger charge is -2.10. The Labute approximate surface area is 75.1 Å². The fourth-order valence-electron chi connectivity index (χ4n) is 0.847. The molecule has 0 unspecified atom stereocenters. The lowest BCUT2D eigenvalue weighted by atomic mass is 10.1. The van der Waals surface area contributed by atoms with Crippen LogP contribution in [0.2, 0.25) is 0 Å². The summed E-state index contributed by atoms with van der Waals surface area (Å²) in [6.45, 7) is 0. The number of hydrogen-bond acceptors (Lipinski definition) is 3. The van der Waals surface area contributed by atoms with Crippen molar-refractivity contribution in [3.63, 3.8) is 0 Å². The van der Waals surface area contributed by atoms with Crippen molar-refractivity contribution in [3.8, 4) is 0 Å². The van der Waals surface area contributed by atoms with Crippen molar-refractivity contribution in [1.82, 2.24) is 0 Å². The predicted molar refractivity (Wildman–Crippen MR) is 50.3 cm³/mol. The smallest absolute Gasteiger partial charge is 0.320 e. The zero-order chi connectivity index (χ0) is 9.72. The maximum absolute atomic E-state index is 10.3. The van der Waals surface area contributed by atoms with Gasteiger partial charge in [0.05, 0.1) is 12.5 Å². The lowest BCUT2D eigenvalue weighted by molar-refractivity contribution is -0.139. The van der Waals surface area contributed by atoms with E-state index in [1.807, 2.05) is 12.5 Å². The van der Waals surface area contributed by atoms with Gasteiger partial charge in [-0.05, 0) is 10.9 Å². The van der Waals surface area contributed by atoms with Gasteiger partial charge in [-0.1, -0.05) is 0 Å². The Hall–Kier alpha value is -0.260. The van der Waals surface area contributed by atoms with E-state index in [-0.39, 0.29) is 17.3 Å². The molecule has 0 heterocycles. The number of carboxylic acid groups (broad SMARTS) is 1. The van der Waals surface area contributed by atoms with Gasteiger partial charge in [-0.3, -0.25) is 4.79 Å². The number of hydrogen-bond donors (Lipinski definition) is 3. The van der Waals surface area contributed by atoms with E-state index < -0.39 is 18.1 Å². The van der Waals surface area contributed by atoms with Gasteiger partial charge in [0.1, 0.15) is 17.9 Å². The number of aliphatic carboxylic acids is 1. The monoisotopic (exact) mass is 194 g/mol. The van der Waals surface area contributed by atoms with Crippen LogP contribution < -0.4 is 5.73 Å². The maximum atomic E-state index is 10.3. The molecule has 72 valence electrons. The molecule has 12 heavy (non-hydrogen) atoms. The molecule has 5 heteroatoms. The second-order valence-electron chi connectivity index (χ2n) is 2.99. The zero-order valence-corrected chi connectivity index (χ0v) is 8.17. The van der Waals surface area contributed by atoms with Gasteiger partial charge in [0.25, 0.3) is 0 Å². The summed E-state index contributed by atoms with van der Waals surface area (Å²) < 4.78 is 0. The van der Waals surface area contributed by atoms with Crippen LogP contribution >= 0.6 is 0 Å². The Bertz CT molecular complexity index is 152. The predicted octanol–water partition coefficient (Wildman–Crippen LogP) is -0.973. The Morgan fingerprint density at radius 2 is 2.08 bits per heavy atom. The summed E-state index contributed by atoms with van der Waals surface area (Å²) in [4.78, 5) is 10.3. The third kappa shape index (κ3) is 5.40. The summed E-state index contributed by atoms with van der Waals surface area (Å²) in [7, 11) is 0.126. The average Bonchev–Trinajstić information content (AvgIpc) is 1.84. The van der Waals surface area contributed by atoms with Crippen LogP contribution in [0.25, 0.3) is 0 Å². The third-order valence-electron chi connectivity index (χ3n) is 1.37. The highest BCUT2D eigenvalue weighted by atomic mass is 32.2. The molecule has 2 atom stereocenters. The molecule has 0 aliphatic rings. The van der Waals surface area contributed by atoms with Crippen molar-refractivity contribution in [3.05, 3.63) is 0 Å². The molecule has 4 nitrogen and oxygen atoms in total. The third-order valence-corrected chi connectivity index (χ3v) is 2.42. The van der Waals surface area contributed by atoms with Crippen molar-refractivity contribution in [2.45, 2.75) is 18.6 Å². The van der Waals surface area contributed by atoms with Crippen LogP contribution in [0.15, 0.2) is 0 Å². The molecule has 0 bridgehead atoms. The Morgan fingerprint density at radius 3 is 2.42 bits per heavy atom. The van der Waals surface area contributed by atoms with E-state index in [9.17, 15) is 9.90 Å². The van der Waals surface area contributed by atoms with Gasteiger partial charge in [-0.2, -0.15) is 0 Å². The van der Waals surface area contributed by atoms with E-state index in [0.717, 1.165) is 0 Å². The molecule has 0 amide bonds. The minimum Gasteiger partial charge on any atom is -0.480 e. The second-order valence-corrected chi connectivity index (χ2v) is 5.29. The molecule has 0 aromatic rings. The van der Waals surface area contributed by atoms with Crippen molar-refractivity contribution < 1.29 is 15.0 Å². The normalized spacial score (nSPS) is 16.1. The van der Waals surface area contributed by atoms with E-state index in [1.54, 1.807) is 0 Å². The number of aliphatic hydroxyl groups excluding tert-OH is 1. The van der Waals surface area contributed by atoms with Crippen LogP contribution in [0, 0.1) is 0 Å². The van der Waals surface area contributed by atoms with Gasteiger partial charge in [0, 0.05) is 6.42 Å². The van der Waals surface area contributed by atoms with Crippen LogP contribution in [-0.4, -0.2) is 46.6 Å². The van der Waals surface area contributed by atoms with E-state index in [1.165, 1.54) is 0 Å². The second kappa shape index (κ2) is 5.40. The van der Waals surface area contributed by atoms with Crippen LogP contribution in [0.5, 0.6) is 0 Å². The van der Waals surface area contributed by atoms with Crippen LogP contribution in [0.3, 0.4) is 0 Å². The quantitative estimate of drug-likeness (QED) is 0.492. The molecule has 0 radical (unpaired) electrons. The zero-order valence-electron chi connectivity index (χ0n) is 7.36. The van der Waals surface area contributed by atoms with Gasteiger partial charge < -0.3 is 15.9 Å². The van der Waals surface area contributed by atoms with Crippen molar-refractivity contribution in [2.75, 3.05) is 18.3 Å². The number of carbonyl (C=O) groups is 1. The number of aliphatic hydroxyl groups is 1. The first kappa shape index (κ1) is 11.7. The van der Waals surface area contributed by atoms with Crippen LogP contribution in [0.4, 0.5) is 0 Å². The molecule has 0 aromatic carbocycles. The summed E-state index contributed by atoms with van der Waals surface area (Å²) in [6.07, 6.45) is 3.54. The molecular weight excluding hydrogens is 178 g/mol. The van der Waals surface area contributed by atoms with Crippen molar-refractivity contribution in [2.24, 2.45) is 5.73 Å². The molecule has 4 N–H and O–H groups in total. The summed E-state index contributed by atoms with van der Waals surface area (Å²) in [5.41, 5.74) is 5.24. The van der Waals surface area contributed by atoms with Crippen LogP contribution in [-0.2, 0) is 15.7 Å². The molecule has 0 rings (SSSR count).